The van der Waals surface area contributed by atoms with Crippen molar-refractivity contribution in [2.45, 2.75) is 50.7 Å². The molecule has 26 heavy (non-hydrogen) atoms. The lowest BCUT2D eigenvalue weighted by Crippen LogP contribution is -2.43. The van der Waals surface area contributed by atoms with Crippen molar-refractivity contribution in [1.82, 2.24) is 10.6 Å². The van der Waals surface area contributed by atoms with Crippen LogP contribution in [0.5, 0.6) is 0 Å². The van der Waals surface area contributed by atoms with Gasteiger partial charge >= 0.3 is 0 Å². The minimum atomic E-state index is -0.585. The first-order chi connectivity index (χ1) is 12.5. The van der Waals surface area contributed by atoms with Gasteiger partial charge in [0.25, 0.3) is 0 Å². The number of rotatable bonds is 8. The summed E-state index contributed by atoms with van der Waals surface area (Å²) in [5, 5.41) is 5.88. The lowest BCUT2D eigenvalue weighted by molar-refractivity contribution is -0.122. The van der Waals surface area contributed by atoms with Crippen LogP contribution in [0.25, 0.3) is 0 Å². The Morgan fingerprint density at radius 2 is 1.96 bits per heavy atom. The first-order valence-corrected chi connectivity index (χ1v) is 9.21. The molecule has 2 atom stereocenters. The number of hydrogen-bond acceptors (Lipinski definition) is 4. The van der Waals surface area contributed by atoms with E-state index in [9.17, 15) is 9.59 Å². The molecule has 0 aromatic heterocycles. The second kappa shape index (κ2) is 10.7. The molecule has 2 amide bonds. The highest BCUT2D eigenvalue weighted by Gasteiger charge is 2.16. The number of aryl methyl sites for hydroxylation is 1. The van der Waals surface area contributed by atoms with E-state index in [1.54, 1.807) is 13.0 Å². The molecular formula is C20H29N3O3. The van der Waals surface area contributed by atoms with Gasteiger partial charge in [0.1, 0.15) is 0 Å². The summed E-state index contributed by atoms with van der Waals surface area (Å²) in [6.45, 7) is 3.00. The smallest absolute Gasteiger partial charge is 0.243 e. The van der Waals surface area contributed by atoms with Gasteiger partial charge in [-0.3, -0.25) is 9.59 Å². The highest BCUT2D eigenvalue weighted by Crippen LogP contribution is 2.08. The lowest BCUT2D eigenvalue weighted by atomic mass is 10.0. The molecule has 1 fully saturated rings. The molecule has 1 saturated heterocycles. The zero-order valence-electron chi connectivity index (χ0n) is 15.3. The van der Waals surface area contributed by atoms with Gasteiger partial charge in [0, 0.05) is 31.4 Å². The van der Waals surface area contributed by atoms with E-state index in [1.165, 1.54) is 11.6 Å². The zero-order chi connectivity index (χ0) is 18.8. The highest BCUT2D eigenvalue weighted by atomic mass is 16.5. The van der Waals surface area contributed by atoms with Crippen LogP contribution in [0.2, 0.25) is 0 Å². The summed E-state index contributed by atoms with van der Waals surface area (Å²) < 4.78 is 5.29. The molecule has 1 aliphatic rings. The third-order valence-corrected chi connectivity index (χ3v) is 4.38. The van der Waals surface area contributed by atoms with Crippen LogP contribution in [-0.4, -0.2) is 43.2 Å². The summed E-state index contributed by atoms with van der Waals surface area (Å²) in [6.07, 6.45) is 6.42. The van der Waals surface area contributed by atoms with Crippen LogP contribution in [-0.2, 0) is 20.7 Å². The van der Waals surface area contributed by atoms with Gasteiger partial charge in [-0.15, -0.1) is 0 Å². The second-order valence-corrected chi connectivity index (χ2v) is 6.68. The van der Waals surface area contributed by atoms with Crippen molar-refractivity contribution in [2.75, 3.05) is 13.2 Å². The Hall–Kier alpha value is -2.18. The number of nitrogens with one attached hydrogen (secondary N) is 2. The van der Waals surface area contributed by atoms with Crippen LogP contribution >= 0.6 is 0 Å². The van der Waals surface area contributed by atoms with Crippen molar-refractivity contribution in [3.8, 4) is 0 Å². The van der Waals surface area contributed by atoms with Crippen LogP contribution in [0.15, 0.2) is 42.5 Å². The van der Waals surface area contributed by atoms with Crippen molar-refractivity contribution in [3.63, 3.8) is 0 Å². The van der Waals surface area contributed by atoms with Gasteiger partial charge in [-0.2, -0.15) is 0 Å². The van der Waals surface area contributed by atoms with E-state index < -0.39 is 6.04 Å². The van der Waals surface area contributed by atoms with Gasteiger partial charge in [0.15, 0.2) is 0 Å². The van der Waals surface area contributed by atoms with Crippen molar-refractivity contribution in [2.24, 2.45) is 5.73 Å². The molecule has 2 rings (SSSR count). The Labute approximate surface area is 155 Å². The van der Waals surface area contributed by atoms with Crippen LogP contribution in [0, 0.1) is 0 Å². The predicted molar refractivity (Wildman–Crippen MR) is 101 cm³/mol. The average molecular weight is 359 g/mol. The molecule has 6 heteroatoms. The Bertz CT molecular complexity index is 596. The van der Waals surface area contributed by atoms with Crippen molar-refractivity contribution in [1.29, 1.82) is 0 Å². The van der Waals surface area contributed by atoms with Gasteiger partial charge in [0.2, 0.25) is 11.8 Å². The largest absolute Gasteiger partial charge is 0.381 e. The minimum Gasteiger partial charge on any atom is -0.381 e. The zero-order valence-corrected chi connectivity index (χ0v) is 15.3. The number of carbonyl (C=O) groups is 2. The maximum Gasteiger partial charge on any atom is 0.243 e. The molecule has 0 saturated carbocycles. The molecule has 1 heterocycles. The molecule has 1 aromatic rings. The summed E-state index contributed by atoms with van der Waals surface area (Å²) in [5.74, 6) is -0.366. The Balaban J connectivity index is 1.90. The molecule has 1 aliphatic heterocycles. The number of nitrogens with two attached hydrogens (primary N) is 1. The fourth-order valence-corrected chi connectivity index (χ4v) is 2.79. The fourth-order valence-electron chi connectivity index (χ4n) is 2.79. The average Bonchev–Trinajstić information content (AvgIpc) is 2.65. The second-order valence-electron chi connectivity index (χ2n) is 6.68. The van der Waals surface area contributed by atoms with E-state index in [0.717, 1.165) is 19.3 Å². The molecular weight excluding hydrogens is 330 g/mol. The first kappa shape index (κ1) is 20.1. The van der Waals surface area contributed by atoms with E-state index in [0.29, 0.717) is 19.6 Å². The Kier molecular flexibility index (Phi) is 8.31. The van der Waals surface area contributed by atoms with Gasteiger partial charge in [-0.1, -0.05) is 36.4 Å². The van der Waals surface area contributed by atoms with Gasteiger partial charge in [0.05, 0.1) is 6.04 Å². The summed E-state index contributed by atoms with van der Waals surface area (Å²) in [5.41, 5.74) is 6.83. The SMILES string of the molecule is C[C@H](N)C(=O)N[C@H](C=CC(=O)NC1CCOCC1)CCc1ccccc1. The predicted octanol–water partition coefficient (Wildman–Crippen LogP) is 1.30. The maximum atomic E-state index is 12.1. The Morgan fingerprint density at radius 1 is 1.27 bits per heavy atom. The standard InChI is InChI=1S/C20H29N3O3/c1-15(21)20(25)23-17(8-7-16-5-3-2-4-6-16)9-10-19(24)22-18-11-13-26-14-12-18/h2-6,9-10,15,17-18H,7-8,11-14,21H2,1H3,(H,22,24)(H,23,25)/t15-,17-/m0/s1. The molecule has 142 valence electrons. The topological polar surface area (TPSA) is 93.5 Å². The van der Waals surface area contributed by atoms with Gasteiger partial charge in [-0.05, 0) is 38.2 Å². The molecule has 1 aromatic carbocycles. The van der Waals surface area contributed by atoms with E-state index in [4.69, 9.17) is 10.5 Å². The van der Waals surface area contributed by atoms with Crippen LogP contribution in [0.1, 0.15) is 31.7 Å². The summed E-state index contributed by atoms with van der Waals surface area (Å²) >= 11 is 0. The van der Waals surface area contributed by atoms with Crippen LogP contribution < -0.4 is 16.4 Å². The van der Waals surface area contributed by atoms with E-state index in [-0.39, 0.29) is 23.9 Å². The molecule has 0 unspecified atom stereocenters. The number of carbonyl (C=O) groups excluding carboxylic acids is 2. The van der Waals surface area contributed by atoms with Crippen molar-refractivity contribution >= 4 is 11.8 Å². The summed E-state index contributed by atoms with van der Waals surface area (Å²) in [7, 11) is 0. The van der Waals surface area contributed by atoms with E-state index in [1.807, 2.05) is 30.3 Å². The fraction of sp³-hybridized carbons (Fsp3) is 0.500. The molecule has 0 spiro atoms. The molecule has 0 radical (unpaired) electrons. The summed E-state index contributed by atoms with van der Waals surface area (Å²) in [4.78, 5) is 24.1. The Morgan fingerprint density at radius 3 is 2.62 bits per heavy atom. The van der Waals surface area contributed by atoms with E-state index in [2.05, 4.69) is 10.6 Å². The first-order valence-electron chi connectivity index (χ1n) is 9.21. The number of amides is 2. The van der Waals surface area contributed by atoms with E-state index >= 15 is 0 Å². The van der Waals surface area contributed by atoms with Crippen molar-refractivity contribution in [3.05, 3.63) is 48.0 Å². The number of benzene rings is 1. The van der Waals surface area contributed by atoms with Gasteiger partial charge < -0.3 is 21.1 Å². The molecule has 4 N–H and O–H groups in total. The third-order valence-electron chi connectivity index (χ3n) is 4.38. The normalized spacial score (nSPS) is 17.6. The number of ether oxygens (including phenoxy) is 1. The molecule has 0 aliphatic carbocycles. The highest BCUT2D eigenvalue weighted by molar-refractivity contribution is 5.88. The molecule has 6 nitrogen and oxygen atoms in total. The summed E-state index contributed by atoms with van der Waals surface area (Å²) in [6, 6.07) is 9.37. The van der Waals surface area contributed by atoms with Crippen molar-refractivity contribution < 1.29 is 14.3 Å². The monoisotopic (exact) mass is 359 g/mol. The minimum absolute atomic E-state index is 0.142. The quantitative estimate of drug-likeness (QED) is 0.610. The van der Waals surface area contributed by atoms with Gasteiger partial charge in [-0.25, -0.2) is 0 Å². The third kappa shape index (κ3) is 7.37. The van der Waals surface area contributed by atoms with Crippen LogP contribution in [0.4, 0.5) is 0 Å². The maximum absolute atomic E-state index is 12.1. The van der Waals surface area contributed by atoms with Crippen LogP contribution in [0.3, 0.4) is 0 Å². The molecule has 0 bridgehead atoms. The number of hydrogen-bond donors (Lipinski definition) is 3. The lowest BCUT2D eigenvalue weighted by Gasteiger charge is -2.22.